The molecule has 2 heterocycles. The summed E-state index contributed by atoms with van der Waals surface area (Å²) in [7, 11) is 1.72. The summed E-state index contributed by atoms with van der Waals surface area (Å²) < 4.78 is 10.2. The number of carbonyl (C=O) groups is 1. The molecule has 0 aliphatic carbocycles. The predicted molar refractivity (Wildman–Crippen MR) is 68.3 cm³/mol. The van der Waals surface area contributed by atoms with Crippen molar-refractivity contribution in [2.24, 2.45) is 16.9 Å². The zero-order valence-electron chi connectivity index (χ0n) is 11.2. The second kappa shape index (κ2) is 6.18. The van der Waals surface area contributed by atoms with Crippen LogP contribution < -0.4 is 0 Å². The van der Waals surface area contributed by atoms with Crippen molar-refractivity contribution in [1.82, 2.24) is 5.01 Å². The van der Waals surface area contributed by atoms with Crippen LogP contribution in [0.15, 0.2) is 5.10 Å². The van der Waals surface area contributed by atoms with Crippen molar-refractivity contribution in [2.75, 3.05) is 26.9 Å². The van der Waals surface area contributed by atoms with E-state index in [0.29, 0.717) is 12.6 Å². The molecule has 102 valence electrons. The van der Waals surface area contributed by atoms with Crippen molar-refractivity contribution < 1.29 is 14.3 Å². The molecule has 2 fully saturated rings. The Kier molecular flexibility index (Phi) is 4.58. The van der Waals surface area contributed by atoms with Crippen LogP contribution in [-0.2, 0) is 14.3 Å². The summed E-state index contributed by atoms with van der Waals surface area (Å²) >= 11 is 0. The van der Waals surface area contributed by atoms with Gasteiger partial charge in [-0.1, -0.05) is 6.92 Å². The molecule has 5 nitrogen and oxygen atoms in total. The molecule has 3 atom stereocenters. The number of methoxy groups -OCH3 is 1. The number of hydrazone groups is 1. The average molecular weight is 254 g/mol. The number of nitrogens with zero attached hydrogens (tertiary/aromatic N) is 2. The van der Waals surface area contributed by atoms with Crippen LogP contribution in [0.2, 0.25) is 0 Å². The van der Waals surface area contributed by atoms with E-state index in [0.717, 1.165) is 32.4 Å². The molecule has 0 amide bonds. The molecule has 0 saturated carbocycles. The molecule has 2 aliphatic heterocycles. The van der Waals surface area contributed by atoms with Crippen molar-refractivity contribution in [3.8, 4) is 0 Å². The Balaban J connectivity index is 1.91. The molecular formula is C13H22N2O3. The highest BCUT2D eigenvalue weighted by molar-refractivity contribution is 5.78. The number of hydrogen-bond donors (Lipinski definition) is 0. The van der Waals surface area contributed by atoms with Crippen molar-refractivity contribution in [3.63, 3.8) is 0 Å². The Morgan fingerprint density at radius 1 is 1.56 bits per heavy atom. The summed E-state index contributed by atoms with van der Waals surface area (Å²) in [4.78, 5) is 11.4. The van der Waals surface area contributed by atoms with Gasteiger partial charge in [0.15, 0.2) is 0 Å². The van der Waals surface area contributed by atoms with Gasteiger partial charge < -0.3 is 9.47 Å². The van der Waals surface area contributed by atoms with Crippen LogP contribution in [0, 0.1) is 11.8 Å². The number of hydrogen-bond acceptors (Lipinski definition) is 5. The lowest BCUT2D eigenvalue weighted by molar-refractivity contribution is -0.153. The second-order valence-corrected chi connectivity index (χ2v) is 5.09. The monoisotopic (exact) mass is 254 g/mol. The maximum atomic E-state index is 11.4. The van der Waals surface area contributed by atoms with Crippen LogP contribution in [0.3, 0.4) is 0 Å². The highest BCUT2D eigenvalue weighted by Crippen LogP contribution is 2.22. The van der Waals surface area contributed by atoms with Gasteiger partial charge in [0.1, 0.15) is 0 Å². The van der Waals surface area contributed by atoms with E-state index < -0.39 is 0 Å². The summed E-state index contributed by atoms with van der Waals surface area (Å²) in [5.41, 5.74) is 0. The number of rotatable bonds is 4. The van der Waals surface area contributed by atoms with E-state index >= 15 is 0 Å². The third-order valence-corrected chi connectivity index (χ3v) is 3.82. The minimum atomic E-state index is -0.104. The van der Waals surface area contributed by atoms with Crippen molar-refractivity contribution in [2.45, 2.75) is 32.2 Å². The van der Waals surface area contributed by atoms with Gasteiger partial charge in [-0.05, 0) is 19.3 Å². The SMILES string of the molecule is COC[C@@H]1CCCN1/N=C/[C@@H]1CCOC(=O)[C@H]1C. The zero-order valence-corrected chi connectivity index (χ0v) is 11.2. The van der Waals surface area contributed by atoms with E-state index in [1.165, 1.54) is 0 Å². The number of ether oxygens (including phenoxy) is 2. The molecule has 2 rings (SSSR count). The molecule has 5 heteroatoms. The van der Waals surface area contributed by atoms with Gasteiger partial charge in [0, 0.05) is 25.8 Å². The van der Waals surface area contributed by atoms with Crippen LogP contribution in [0.4, 0.5) is 0 Å². The highest BCUT2D eigenvalue weighted by Gasteiger charge is 2.29. The smallest absolute Gasteiger partial charge is 0.309 e. The van der Waals surface area contributed by atoms with Crippen molar-refractivity contribution in [1.29, 1.82) is 0 Å². The van der Waals surface area contributed by atoms with Crippen LogP contribution >= 0.6 is 0 Å². The molecule has 0 aromatic rings. The molecule has 0 radical (unpaired) electrons. The van der Waals surface area contributed by atoms with Crippen LogP contribution in [0.1, 0.15) is 26.2 Å². The summed E-state index contributed by atoms with van der Waals surface area (Å²) in [5.74, 6) is 0.0218. The summed E-state index contributed by atoms with van der Waals surface area (Å²) in [6.45, 7) is 4.13. The van der Waals surface area contributed by atoms with Gasteiger partial charge in [-0.25, -0.2) is 0 Å². The van der Waals surface area contributed by atoms with Gasteiger partial charge in [-0.2, -0.15) is 5.10 Å². The predicted octanol–water partition coefficient (Wildman–Crippen LogP) is 1.28. The Labute approximate surface area is 108 Å². The van der Waals surface area contributed by atoms with E-state index in [2.05, 4.69) is 10.1 Å². The van der Waals surface area contributed by atoms with Gasteiger partial charge >= 0.3 is 5.97 Å². The number of carbonyl (C=O) groups excluding carboxylic acids is 1. The maximum Gasteiger partial charge on any atom is 0.309 e. The minimum absolute atomic E-state index is 0.0778. The third kappa shape index (κ3) is 3.02. The molecule has 0 spiro atoms. The number of esters is 1. The first kappa shape index (κ1) is 13.3. The van der Waals surface area contributed by atoms with Gasteiger partial charge in [0.2, 0.25) is 0 Å². The van der Waals surface area contributed by atoms with Gasteiger partial charge in [-0.15, -0.1) is 0 Å². The molecular weight excluding hydrogens is 232 g/mol. The van der Waals surface area contributed by atoms with Crippen LogP contribution in [0.5, 0.6) is 0 Å². The molecule has 0 bridgehead atoms. The Bertz CT molecular complexity index is 319. The standard InChI is InChI=1S/C13H22N2O3/c1-10-11(5-7-18-13(10)16)8-14-15-6-3-4-12(15)9-17-2/h8,10-12H,3-7,9H2,1-2H3/b14-8+/t10-,11-,12-/m0/s1. The number of cyclic esters (lactones) is 1. The van der Waals surface area contributed by atoms with Crippen LogP contribution in [-0.4, -0.2) is 50.1 Å². The fraction of sp³-hybridized carbons (Fsp3) is 0.846. The van der Waals surface area contributed by atoms with Crippen molar-refractivity contribution in [3.05, 3.63) is 0 Å². The topological polar surface area (TPSA) is 51.1 Å². The molecule has 2 aliphatic rings. The Hall–Kier alpha value is -1.10. The maximum absolute atomic E-state index is 11.4. The third-order valence-electron chi connectivity index (χ3n) is 3.82. The average Bonchev–Trinajstić information content (AvgIpc) is 2.79. The lowest BCUT2D eigenvalue weighted by Gasteiger charge is -2.26. The first-order valence-corrected chi connectivity index (χ1v) is 6.68. The fourth-order valence-electron chi connectivity index (χ4n) is 2.56. The Morgan fingerprint density at radius 3 is 3.17 bits per heavy atom. The normalized spacial score (nSPS) is 33.1. The van der Waals surface area contributed by atoms with Gasteiger partial charge in [-0.3, -0.25) is 9.80 Å². The molecule has 0 unspecified atom stereocenters. The quantitative estimate of drug-likeness (QED) is 0.560. The molecule has 0 aromatic carbocycles. The lowest BCUT2D eigenvalue weighted by atomic mass is 9.90. The first-order chi connectivity index (χ1) is 8.72. The molecule has 2 saturated heterocycles. The summed E-state index contributed by atoms with van der Waals surface area (Å²) in [6, 6.07) is 0.386. The lowest BCUT2D eigenvalue weighted by Crippen LogP contribution is -2.33. The Morgan fingerprint density at radius 2 is 2.39 bits per heavy atom. The molecule has 0 aromatic heterocycles. The summed E-state index contributed by atoms with van der Waals surface area (Å²) in [5, 5.41) is 6.65. The fourth-order valence-corrected chi connectivity index (χ4v) is 2.56. The molecule has 18 heavy (non-hydrogen) atoms. The van der Waals surface area contributed by atoms with E-state index in [-0.39, 0.29) is 17.8 Å². The van der Waals surface area contributed by atoms with Gasteiger partial charge in [0.05, 0.1) is 25.2 Å². The van der Waals surface area contributed by atoms with Crippen molar-refractivity contribution >= 4 is 12.2 Å². The molecule has 0 N–H and O–H groups in total. The second-order valence-electron chi connectivity index (χ2n) is 5.09. The highest BCUT2D eigenvalue weighted by atomic mass is 16.5. The van der Waals surface area contributed by atoms with E-state index in [1.54, 1.807) is 7.11 Å². The summed E-state index contributed by atoms with van der Waals surface area (Å²) in [6.07, 6.45) is 5.10. The minimum Gasteiger partial charge on any atom is -0.465 e. The van der Waals surface area contributed by atoms with Gasteiger partial charge in [0.25, 0.3) is 0 Å². The van der Waals surface area contributed by atoms with E-state index in [4.69, 9.17) is 9.47 Å². The largest absolute Gasteiger partial charge is 0.465 e. The van der Waals surface area contributed by atoms with E-state index in [1.807, 2.05) is 13.1 Å². The first-order valence-electron chi connectivity index (χ1n) is 6.68. The van der Waals surface area contributed by atoms with Crippen LogP contribution in [0.25, 0.3) is 0 Å². The van der Waals surface area contributed by atoms with E-state index in [9.17, 15) is 4.79 Å². The zero-order chi connectivity index (χ0) is 13.0.